The van der Waals surface area contributed by atoms with Gasteiger partial charge < -0.3 is 15.4 Å². The summed E-state index contributed by atoms with van der Waals surface area (Å²) in [4.78, 5) is 4.47. The number of aryl methyl sites for hydroxylation is 1. The van der Waals surface area contributed by atoms with Crippen molar-refractivity contribution in [1.29, 1.82) is 5.26 Å². The zero-order chi connectivity index (χ0) is 21.3. The van der Waals surface area contributed by atoms with Crippen LogP contribution in [0.5, 0.6) is 5.75 Å². The molecule has 30 heavy (non-hydrogen) atoms. The maximum atomic E-state index is 12.5. The number of nitrogens with zero attached hydrogens (tertiary/aromatic N) is 2. The van der Waals surface area contributed by atoms with Crippen molar-refractivity contribution in [3.05, 3.63) is 64.7 Å². The quantitative estimate of drug-likeness (QED) is 0.309. The molecule has 0 radical (unpaired) electrons. The first-order chi connectivity index (χ1) is 13.8. The number of halogens is 4. The van der Waals surface area contributed by atoms with Gasteiger partial charge >= 0.3 is 6.18 Å². The summed E-state index contributed by atoms with van der Waals surface area (Å²) in [6.45, 7) is 3.59. The normalized spacial score (nSPS) is 11.3. The molecule has 2 aromatic rings. The summed E-state index contributed by atoms with van der Waals surface area (Å²) in [5.41, 5.74) is 2.84. The first-order valence-corrected chi connectivity index (χ1v) is 9.11. The second-order valence-corrected chi connectivity index (χ2v) is 6.38. The highest BCUT2D eigenvalue weighted by Crippen LogP contribution is 2.23. The number of nitrogens with one attached hydrogen (secondary N) is 2. The Kier molecular flexibility index (Phi) is 10.5. The molecule has 0 unspecified atom stereocenters. The van der Waals surface area contributed by atoms with Crippen molar-refractivity contribution in [3.8, 4) is 11.8 Å². The molecule has 0 spiro atoms. The van der Waals surface area contributed by atoms with Gasteiger partial charge in [-0.25, -0.2) is 4.99 Å². The highest BCUT2D eigenvalue weighted by molar-refractivity contribution is 14.0. The van der Waals surface area contributed by atoms with E-state index in [0.29, 0.717) is 30.2 Å². The fraction of sp³-hybridized carbons (Fsp3) is 0.333. The molecule has 0 aliphatic carbocycles. The Bertz CT molecular complexity index is 895. The van der Waals surface area contributed by atoms with Gasteiger partial charge in [-0.1, -0.05) is 24.3 Å². The Morgan fingerprint density at radius 1 is 1.17 bits per heavy atom. The van der Waals surface area contributed by atoms with Crippen LogP contribution >= 0.6 is 24.0 Å². The maximum absolute atomic E-state index is 12.5. The second-order valence-electron chi connectivity index (χ2n) is 6.38. The average molecular weight is 532 g/mol. The summed E-state index contributed by atoms with van der Waals surface area (Å²) in [6.07, 6.45) is -4.40. The number of hydrogen-bond donors (Lipinski definition) is 2. The van der Waals surface area contributed by atoms with E-state index in [-0.39, 0.29) is 36.3 Å². The summed E-state index contributed by atoms with van der Waals surface area (Å²) in [6, 6.07) is 14.4. The number of hydrogen-bond acceptors (Lipinski definition) is 3. The van der Waals surface area contributed by atoms with Crippen molar-refractivity contribution in [2.45, 2.75) is 33.1 Å². The molecule has 9 heteroatoms. The van der Waals surface area contributed by atoms with Gasteiger partial charge in [0.15, 0.2) is 12.6 Å². The summed E-state index contributed by atoms with van der Waals surface area (Å²) in [5.74, 6) is 0.699. The molecule has 0 heterocycles. The van der Waals surface area contributed by atoms with Crippen LogP contribution < -0.4 is 15.4 Å². The molecule has 2 N–H and O–H groups in total. The first kappa shape index (κ1) is 25.6. The standard InChI is InChI=1S/C21H23F3N4O.HI/c1-3-26-20(27-12-17-6-4-5-16(10-17)11-25)28-13-18-8-7-15(2)9-19(18)29-14-21(22,23)24;/h4-10H,3,12-14H2,1-2H3,(H2,26,27,28);1H. The highest BCUT2D eigenvalue weighted by Gasteiger charge is 2.28. The van der Waals surface area contributed by atoms with Gasteiger partial charge in [0, 0.05) is 18.7 Å². The third kappa shape index (κ3) is 8.90. The van der Waals surface area contributed by atoms with Crippen molar-refractivity contribution < 1.29 is 17.9 Å². The van der Waals surface area contributed by atoms with Crippen LogP contribution in [0.3, 0.4) is 0 Å². The molecule has 0 bridgehead atoms. The van der Waals surface area contributed by atoms with Crippen LogP contribution in [0.4, 0.5) is 13.2 Å². The van der Waals surface area contributed by atoms with Gasteiger partial charge in [-0.15, -0.1) is 24.0 Å². The van der Waals surface area contributed by atoms with E-state index < -0.39 is 12.8 Å². The third-order valence-electron chi connectivity index (χ3n) is 3.88. The lowest BCUT2D eigenvalue weighted by atomic mass is 10.1. The van der Waals surface area contributed by atoms with Gasteiger partial charge in [0.05, 0.1) is 18.2 Å². The van der Waals surface area contributed by atoms with Crippen molar-refractivity contribution in [1.82, 2.24) is 10.6 Å². The van der Waals surface area contributed by atoms with Crippen LogP contribution in [0.25, 0.3) is 0 Å². The molecule has 5 nitrogen and oxygen atoms in total. The van der Waals surface area contributed by atoms with Crippen molar-refractivity contribution in [2.24, 2.45) is 4.99 Å². The number of aliphatic imine (C=N–C) groups is 1. The molecule has 0 saturated carbocycles. The lowest BCUT2D eigenvalue weighted by Gasteiger charge is -2.16. The highest BCUT2D eigenvalue weighted by atomic mass is 127. The monoisotopic (exact) mass is 532 g/mol. The smallest absolute Gasteiger partial charge is 0.422 e. The Morgan fingerprint density at radius 2 is 1.93 bits per heavy atom. The van der Waals surface area contributed by atoms with Crippen LogP contribution in [-0.2, 0) is 13.1 Å². The topological polar surface area (TPSA) is 69.4 Å². The Morgan fingerprint density at radius 3 is 2.60 bits per heavy atom. The average Bonchev–Trinajstić information content (AvgIpc) is 2.69. The minimum Gasteiger partial charge on any atom is -0.484 e. The van der Waals surface area contributed by atoms with Gasteiger partial charge in [0.2, 0.25) is 0 Å². The summed E-state index contributed by atoms with van der Waals surface area (Å²) >= 11 is 0. The molecule has 0 fully saturated rings. The predicted molar refractivity (Wildman–Crippen MR) is 121 cm³/mol. The zero-order valence-corrected chi connectivity index (χ0v) is 19.0. The van der Waals surface area contributed by atoms with Crippen molar-refractivity contribution in [2.75, 3.05) is 13.2 Å². The van der Waals surface area contributed by atoms with E-state index >= 15 is 0 Å². The minimum atomic E-state index is -4.40. The fourth-order valence-corrected chi connectivity index (χ4v) is 2.53. The summed E-state index contributed by atoms with van der Waals surface area (Å²) < 4.78 is 42.5. The van der Waals surface area contributed by atoms with E-state index in [1.807, 2.05) is 19.1 Å². The lowest BCUT2D eigenvalue weighted by Crippen LogP contribution is -2.37. The minimum absolute atomic E-state index is 0. The van der Waals surface area contributed by atoms with Gasteiger partial charge in [-0.3, -0.25) is 0 Å². The largest absolute Gasteiger partial charge is 0.484 e. The third-order valence-corrected chi connectivity index (χ3v) is 3.88. The molecular formula is C21H24F3IN4O. The van der Waals surface area contributed by atoms with E-state index in [1.54, 1.807) is 37.3 Å². The summed E-state index contributed by atoms with van der Waals surface area (Å²) in [7, 11) is 0. The molecule has 2 rings (SSSR count). The second kappa shape index (κ2) is 12.3. The van der Waals surface area contributed by atoms with Gasteiger partial charge in [0.25, 0.3) is 0 Å². The predicted octanol–water partition coefficient (Wildman–Crippen LogP) is 4.68. The molecular weight excluding hydrogens is 508 g/mol. The molecule has 0 atom stereocenters. The number of nitriles is 1. The Hall–Kier alpha value is -2.48. The lowest BCUT2D eigenvalue weighted by molar-refractivity contribution is -0.153. The van der Waals surface area contributed by atoms with Crippen LogP contribution in [0, 0.1) is 18.3 Å². The SMILES string of the molecule is CCNC(=NCc1cccc(C#N)c1)NCc1ccc(C)cc1OCC(F)(F)F.I. The zero-order valence-electron chi connectivity index (χ0n) is 16.7. The molecule has 2 aromatic carbocycles. The van der Waals surface area contributed by atoms with Gasteiger partial charge in [0.1, 0.15) is 5.75 Å². The van der Waals surface area contributed by atoms with E-state index in [0.717, 1.165) is 11.1 Å². The van der Waals surface area contributed by atoms with Crippen molar-refractivity contribution >= 4 is 29.9 Å². The van der Waals surface area contributed by atoms with E-state index in [2.05, 4.69) is 21.7 Å². The van der Waals surface area contributed by atoms with Crippen LogP contribution in [0.1, 0.15) is 29.2 Å². The summed E-state index contributed by atoms with van der Waals surface area (Å²) in [5, 5.41) is 15.2. The molecule has 0 aliphatic rings. The fourth-order valence-electron chi connectivity index (χ4n) is 2.53. The van der Waals surface area contributed by atoms with Gasteiger partial charge in [-0.05, 0) is 43.2 Å². The van der Waals surface area contributed by atoms with E-state index in [9.17, 15) is 13.2 Å². The molecule has 0 aromatic heterocycles. The molecule has 0 aliphatic heterocycles. The Labute approximate surface area is 191 Å². The van der Waals surface area contributed by atoms with Gasteiger partial charge in [-0.2, -0.15) is 18.4 Å². The molecule has 162 valence electrons. The number of benzene rings is 2. The van der Waals surface area contributed by atoms with Crippen LogP contribution in [0.15, 0.2) is 47.5 Å². The molecule has 0 amide bonds. The number of rotatable bonds is 7. The van der Waals surface area contributed by atoms with Crippen molar-refractivity contribution in [3.63, 3.8) is 0 Å². The number of alkyl halides is 3. The van der Waals surface area contributed by atoms with Crippen LogP contribution in [-0.4, -0.2) is 25.3 Å². The molecule has 0 saturated heterocycles. The number of guanidine groups is 1. The van der Waals surface area contributed by atoms with E-state index in [1.165, 1.54) is 0 Å². The van der Waals surface area contributed by atoms with Crippen LogP contribution in [0.2, 0.25) is 0 Å². The number of ether oxygens (including phenoxy) is 1. The van der Waals surface area contributed by atoms with E-state index in [4.69, 9.17) is 10.00 Å². The Balaban J connectivity index is 0.00000450. The maximum Gasteiger partial charge on any atom is 0.422 e. The first-order valence-electron chi connectivity index (χ1n) is 9.11.